The lowest BCUT2D eigenvalue weighted by molar-refractivity contribution is -0.135. The molecule has 2 fully saturated rings. The van der Waals surface area contributed by atoms with Gasteiger partial charge in [0.1, 0.15) is 0 Å². The van der Waals surface area contributed by atoms with Gasteiger partial charge in [-0.3, -0.25) is 9.69 Å². The summed E-state index contributed by atoms with van der Waals surface area (Å²) in [6, 6.07) is 0.698. The number of amides is 1. The molecule has 0 aromatic heterocycles. The van der Waals surface area contributed by atoms with E-state index in [1.165, 1.54) is 6.42 Å². The summed E-state index contributed by atoms with van der Waals surface area (Å²) in [6.45, 7) is 5.54. The van der Waals surface area contributed by atoms with Crippen LogP contribution in [0.4, 0.5) is 0 Å². The van der Waals surface area contributed by atoms with E-state index in [2.05, 4.69) is 11.8 Å². The summed E-state index contributed by atoms with van der Waals surface area (Å²) in [7, 11) is 0. The molecule has 0 bridgehead atoms. The largest absolute Gasteiger partial charge is 0.339 e. The zero-order valence-corrected chi connectivity index (χ0v) is 10.2. The van der Waals surface area contributed by atoms with Crippen LogP contribution < -0.4 is 5.73 Å². The molecule has 0 aliphatic carbocycles. The van der Waals surface area contributed by atoms with Crippen molar-refractivity contribution in [2.45, 2.75) is 44.7 Å². The molecule has 0 radical (unpaired) electrons. The highest BCUT2D eigenvalue weighted by molar-refractivity contribution is 5.78. The monoisotopic (exact) mass is 225 g/mol. The Labute approximate surface area is 97.8 Å². The van der Waals surface area contributed by atoms with Crippen LogP contribution in [0.1, 0.15) is 32.6 Å². The van der Waals surface area contributed by atoms with E-state index in [1.807, 2.05) is 4.90 Å². The molecule has 2 saturated heterocycles. The molecule has 0 aromatic carbocycles. The molecule has 0 saturated carbocycles. The fourth-order valence-electron chi connectivity index (χ4n) is 2.76. The molecule has 2 N–H and O–H groups in total. The van der Waals surface area contributed by atoms with E-state index in [9.17, 15) is 4.79 Å². The minimum Gasteiger partial charge on any atom is -0.339 e. The molecule has 1 amide bonds. The maximum atomic E-state index is 12.1. The summed E-state index contributed by atoms with van der Waals surface area (Å²) < 4.78 is 0. The van der Waals surface area contributed by atoms with Crippen LogP contribution in [0, 0.1) is 0 Å². The highest BCUT2D eigenvalue weighted by atomic mass is 16.2. The highest BCUT2D eigenvalue weighted by Crippen LogP contribution is 2.17. The number of rotatable bonds is 2. The van der Waals surface area contributed by atoms with Gasteiger partial charge >= 0.3 is 0 Å². The number of nitrogens with zero attached hydrogens (tertiary/aromatic N) is 2. The van der Waals surface area contributed by atoms with Crippen molar-refractivity contribution >= 4 is 5.91 Å². The van der Waals surface area contributed by atoms with Crippen LogP contribution in [-0.2, 0) is 4.79 Å². The van der Waals surface area contributed by atoms with Crippen molar-refractivity contribution in [3.8, 4) is 0 Å². The molecule has 0 spiro atoms. The van der Waals surface area contributed by atoms with Crippen LogP contribution in [0.3, 0.4) is 0 Å². The number of hydrogen-bond acceptors (Lipinski definition) is 3. The van der Waals surface area contributed by atoms with E-state index < -0.39 is 0 Å². The van der Waals surface area contributed by atoms with E-state index in [4.69, 9.17) is 5.73 Å². The lowest BCUT2D eigenvalue weighted by atomic mass is 10.0. The van der Waals surface area contributed by atoms with Crippen molar-refractivity contribution in [2.75, 3.05) is 26.2 Å². The van der Waals surface area contributed by atoms with Gasteiger partial charge in [-0.25, -0.2) is 0 Å². The zero-order valence-electron chi connectivity index (χ0n) is 10.2. The number of nitrogens with two attached hydrogens (primary N) is 1. The third-order valence-electron chi connectivity index (χ3n) is 3.79. The van der Waals surface area contributed by atoms with Gasteiger partial charge in [0.2, 0.25) is 5.91 Å². The molecule has 2 heterocycles. The normalized spacial score (nSPS) is 32.0. The molecule has 92 valence electrons. The molecule has 2 aliphatic rings. The zero-order chi connectivity index (χ0) is 11.5. The van der Waals surface area contributed by atoms with Crippen molar-refractivity contribution in [3.05, 3.63) is 0 Å². The summed E-state index contributed by atoms with van der Waals surface area (Å²) in [5, 5.41) is 0. The van der Waals surface area contributed by atoms with E-state index >= 15 is 0 Å². The molecule has 0 unspecified atom stereocenters. The Kier molecular flexibility index (Phi) is 3.82. The summed E-state index contributed by atoms with van der Waals surface area (Å²) in [4.78, 5) is 16.4. The number of likely N-dealkylation sites (tertiary alicyclic amines) is 2. The molecule has 16 heavy (non-hydrogen) atoms. The molecular formula is C12H23N3O. The van der Waals surface area contributed by atoms with Gasteiger partial charge in [0, 0.05) is 31.7 Å². The number of piperidine rings is 1. The van der Waals surface area contributed by atoms with Gasteiger partial charge in [0.25, 0.3) is 0 Å². The first-order chi connectivity index (χ1) is 7.66. The predicted octanol–water partition coefficient (Wildman–Crippen LogP) is 0.420. The first kappa shape index (κ1) is 11.9. The van der Waals surface area contributed by atoms with Gasteiger partial charge in [-0.15, -0.1) is 0 Å². The van der Waals surface area contributed by atoms with Crippen LogP contribution in [0.25, 0.3) is 0 Å². The Hall–Kier alpha value is -0.610. The van der Waals surface area contributed by atoms with E-state index in [-0.39, 0.29) is 6.04 Å². The van der Waals surface area contributed by atoms with Gasteiger partial charge in [-0.1, -0.05) is 0 Å². The van der Waals surface area contributed by atoms with Crippen molar-refractivity contribution in [1.82, 2.24) is 9.80 Å². The third-order valence-corrected chi connectivity index (χ3v) is 3.79. The van der Waals surface area contributed by atoms with Crippen molar-refractivity contribution in [2.24, 2.45) is 5.73 Å². The van der Waals surface area contributed by atoms with Gasteiger partial charge in [0.15, 0.2) is 0 Å². The summed E-state index contributed by atoms with van der Waals surface area (Å²) in [5.41, 5.74) is 5.84. The Bertz CT molecular complexity index is 257. The molecule has 2 atom stereocenters. The molecule has 4 heteroatoms. The lowest BCUT2D eigenvalue weighted by Crippen LogP contribution is -2.46. The van der Waals surface area contributed by atoms with E-state index in [1.54, 1.807) is 0 Å². The van der Waals surface area contributed by atoms with E-state index in [0.717, 1.165) is 38.9 Å². The van der Waals surface area contributed by atoms with Crippen molar-refractivity contribution < 1.29 is 4.79 Å². The number of carbonyl (C=O) groups is 1. The maximum absolute atomic E-state index is 12.1. The second-order valence-electron chi connectivity index (χ2n) is 5.22. The summed E-state index contributed by atoms with van der Waals surface area (Å²) in [5.74, 6) is 0.293. The van der Waals surface area contributed by atoms with Gasteiger partial charge in [-0.2, -0.15) is 0 Å². The van der Waals surface area contributed by atoms with Crippen molar-refractivity contribution in [3.63, 3.8) is 0 Å². The average Bonchev–Trinajstić information content (AvgIpc) is 2.64. The van der Waals surface area contributed by atoms with Crippen LogP contribution in [0.2, 0.25) is 0 Å². The SMILES string of the molecule is C[C@H]1CCCCN1C(=O)CN1CC[C@H](N)C1. The van der Waals surface area contributed by atoms with Crippen LogP contribution >= 0.6 is 0 Å². The lowest BCUT2D eigenvalue weighted by Gasteiger charge is -2.34. The molecular weight excluding hydrogens is 202 g/mol. The molecule has 2 aliphatic heterocycles. The van der Waals surface area contributed by atoms with Crippen LogP contribution in [0.5, 0.6) is 0 Å². The minimum atomic E-state index is 0.270. The molecule has 0 aromatic rings. The average molecular weight is 225 g/mol. The second kappa shape index (κ2) is 5.15. The second-order valence-corrected chi connectivity index (χ2v) is 5.22. The topological polar surface area (TPSA) is 49.6 Å². The minimum absolute atomic E-state index is 0.270. The quantitative estimate of drug-likeness (QED) is 0.741. The van der Waals surface area contributed by atoms with Crippen molar-refractivity contribution in [1.29, 1.82) is 0 Å². The first-order valence-electron chi connectivity index (χ1n) is 6.44. The summed E-state index contributed by atoms with van der Waals surface area (Å²) >= 11 is 0. The fraction of sp³-hybridized carbons (Fsp3) is 0.917. The van der Waals surface area contributed by atoms with Crippen LogP contribution in [-0.4, -0.2) is 54.0 Å². The van der Waals surface area contributed by atoms with Gasteiger partial charge < -0.3 is 10.6 Å². The Morgan fingerprint density at radius 3 is 2.75 bits per heavy atom. The highest BCUT2D eigenvalue weighted by Gasteiger charge is 2.27. The number of carbonyl (C=O) groups excluding carboxylic acids is 1. The van der Waals surface area contributed by atoms with Gasteiger partial charge in [-0.05, 0) is 32.6 Å². The molecule has 4 nitrogen and oxygen atoms in total. The van der Waals surface area contributed by atoms with Crippen LogP contribution in [0.15, 0.2) is 0 Å². The Morgan fingerprint density at radius 1 is 1.31 bits per heavy atom. The Balaban J connectivity index is 1.82. The van der Waals surface area contributed by atoms with Gasteiger partial charge in [0.05, 0.1) is 6.54 Å². The Morgan fingerprint density at radius 2 is 2.12 bits per heavy atom. The first-order valence-corrected chi connectivity index (χ1v) is 6.44. The predicted molar refractivity (Wildman–Crippen MR) is 64.1 cm³/mol. The third kappa shape index (κ3) is 2.74. The number of hydrogen-bond donors (Lipinski definition) is 1. The maximum Gasteiger partial charge on any atom is 0.236 e. The fourth-order valence-corrected chi connectivity index (χ4v) is 2.76. The smallest absolute Gasteiger partial charge is 0.236 e. The molecule has 2 rings (SSSR count). The standard InChI is InChI=1S/C12H23N3O/c1-10-4-2-3-6-15(10)12(16)9-14-7-5-11(13)8-14/h10-11H,2-9,13H2,1H3/t10-,11-/m0/s1. The van der Waals surface area contributed by atoms with E-state index in [0.29, 0.717) is 18.5 Å². The summed E-state index contributed by atoms with van der Waals surface area (Å²) in [6.07, 6.45) is 4.61.